The topological polar surface area (TPSA) is 26.9 Å². The van der Waals surface area contributed by atoms with E-state index in [-0.39, 0.29) is 11.0 Å². The van der Waals surface area contributed by atoms with Crippen molar-refractivity contribution in [3.05, 3.63) is 155 Å². The molecule has 0 atom stereocenters. The Kier molecular flexibility index (Phi) is 4.82. The van der Waals surface area contributed by atoms with Crippen LogP contribution in [-0.2, 0) is 5.41 Å². The smallest absolute Gasteiger partial charge is 0.263 e. The second-order valence-corrected chi connectivity index (χ2v) is 12.2. The van der Waals surface area contributed by atoms with Crippen molar-refractivity contribution in [3.8, 4) is 22.5 Å². The molecule has 0 fully saturated rings. The third kappa shape index (κ3) is 3.22. The normalized spacial score (nSPS) is 13.6. The number of pyridine rings is 1. The molecule has 0 spiro atoms. The molecule has 0 saturated heterocycles. The van der Waals surface area contributed by atoms with Gasteiger partial charge in [0.15, 0.2) is 0 Å². The molecule has 1 aliphatic carbocycles. The van der Waals surface area contributed by atoms with Gasteiger partial charge in [0.2, 0.25) is 0 Å². The molecule has 2 heterocycles. The molecule has 9 rings (SSSR count). The Morgan fingerprint density at radius 2 is 0.837 bits per heavy atom. The lowest BCUT2D eigenvalue weighted by molar-refractivity contribution is 0.659. The first-order chi connectivity index (χ1) is 21.0. The van der Waals surface area contributed by atoms with Crippen LogP contribution in [0.15, 0.2) is 138 Å². The number of fused-ring (bicyclic) bond motifs is 9. The summed E-state index contributed by atoms with van der Waals surface area (Å²) < 4.78 is 4.27. The van der Waals surface area contributed by atoms with E-state index < -0.39 is 0 Å². The minimum absolute atomic E-state index is 0.0104. The highest BCUT2D eigenvalue weighted by molar-refractivity contribution is 6.09. The van der Waals surface area contributed by atoms with Gasteiger partial charge in [0, 0.05) is 38.3 Å². The van der Waals surface area contributed by atoms with E-state index in [4.69, 9.17) is 0 Å². The van der Waals surface area contributed by atoms with Gasteiger partial charge in [-0.1, -0.05) is 98.8 Å². The molecular formula is C40H28N2O. The summed E-state index contributed by atoms with van der Waals surface area (Å²) in [6.45, 7) is 4.61. The van der Waals surface area contributed by atoms with Crippen LogP contribution in [0.4, 0.5) is 0 Å². The maximum Gasteiger partial charge on any atom is 0.263 e. The maximum absolute atomic E-state index is 14.0. The summed E-state index contributed by atoms with van der Waals surface area (Å²) in [5.74, 6) is 0. The van der Waals surface area contributed by atoms with Crippen LogP contribution < -0.4 is 5.56 Å². The molecule has 8 aromatic rings. The van der Waals surface area contributed by atoms with Crippen LogP contribution in [-0.4, -0.2) is 9.13 Å². The summed E-state index contributed by atoms with van der Waals surface area (Å²) in [6, 6.07) is 46.9. The minimum Gasteiger partial charge on any atom is -0.309 e. The van der Waals surface area contributed by atoms with Gasteiger partial charge in [-0.2, -0.15) is 0 Å². The van der Waals surface area contributed by atoms with E-state index >= 15 is 0 Å². The molecule has 0 N–H and O–H groups in total. The minimum atomic E-state index is -0.244. The highest BCUT2D eigenvalue weighted by Crippen LogP contribution is 2.50. The fourth-order valence-electron chi connectivity index (χ4n) is 7.48. The first-order valence-electron chi connectivity index (χ1n) is 14.8. The zero-order valence-corrected chi connectivity index (χ0v) is 24.0. The number of para-hydroxylation sites is 3. The Morgan fingerprint density at radius 3 is 1.37 bits per heavy atom. The Hall–Kier alpha value is -5.41. The van der Waals surface area contributed by atoms with Crippen molar-refractivity contribution >= 4 is 43.5 Å². The average Bonchev–Trinajstić information content (AvgIpc) is 3.50. The predicted molar refractivity (Wildman–Crippen MR) is 179 cm³/mol. The zero-order valence-electron chi connectivity index (χ0n) is 24.0. The van der Waals surface area contributed by atoms with E-state index in [2.05, 4.69) is 109 Å². The lowest BCUT2D eigenvalue weighted by Gasteiger charge is -2.23. The molecular weight excluding hydrogens is 524 g/mol. The van der Waals surface area contributed by atoms with Crippen LogP contribution in [0.25, 0.3) is 66.0 Å². The van der Waals surface area contributed by atoms with E-state index in [1.807, 2.05) is 47.0 Å². The average molecular weight is 553 g/mol. The molecule has 0 amide bonds. The Morgan fingerprint density at radius 1 is 0.442 bits per heavy atom. The summed E-state index contributed by atoms with van der Waals surface area (Å²) in [5, 5.41) is 5.33. The number of benzene rings is 6. The van der Waals surface area contributed by atoms with Gasteiger partial charge in [-0.15, -0.1) is 0 Å². The molecule has 0 radical (unpaired) electrons. The van der Waals surface area contributed by atoms with Crippen LogP contribution in [0.5, 0.6) is 0 Å². The van der Waals surface area contributed by atoms with Gasteiger partial charge in [0.1, 0.15) is 0 Å². The van der Waals surface area contributed by atoms with Crippen LogP contribution in [0.3, 0.4) is 0 Å². The molecule has 3 nitrogen and oxygen atoms in total. The van der Waals surface area contributed by atoms with Gasteiger partial charge < -0.3 is 4.57 Å². The predicted octanol–water partition coefficient (Wildman–Crippen LogP) is 9.55. The van der Waals surface area contributed by atoms with Crippen molar-refractivity contribution in [2.75, 3.05) is 0 Å². The molecule has 0 bridgehead atoms. The summed E-state index contributed by atoms with van der Waals surface area (Å²) in [5.41, 5.74) is 10.2. The standard InChI is InChI=1S/C40H28N2O/c1-40(2)34-23-25(41-36-16-8-6-13-31(36)32-14-7-9-17-37(32)41)19-21-28(34)29-22-20-26(24-35(29)40)42-38-18-10-5-12-30(38)27-11-3-4-15-33(27)39(42)43/h3-24H,1-2H3. The van der Waals surface area contributed by atoms with Crippen LogP contribution in [0.1, 0.15) is 25.0 Å². The van der Waals surface area contributed by atoms with E-state index in [0.29, 0.717) is 0 Å². The molecule has 0 aliphatic heterocycles. The SMILES string of the molecule is CC1(C)c2cc(-n3c(=O)c4ccccc4c4ccccc43)ccc2-c2ccc(-n3c4ccccc4c4ccccc43)cc21. The summed E-state index contributed by atoms with van der Waals surface area (Å²) in [4.78, 5) is 14.0. The largest absolute Gasteiger partial charge is 0.309 e. The van der Waals surface area contributed by atoms with Crippen molar-refractivity contribution in [3.63, 3.8) is 0 Å². The quantitative estimate of drug-likeness (QED) is 0.196. The number of rotatable bonds is 2. The fourth-order valence-corrected chi connectivity index (χ4v) is 7.48. The zero-order chi connectivity index (χ0) is 28.9. The summed E-state index contributed by atoms with van der Waals surface area (Å²) in [6.07, 6.45) is 0. The van der Waals surface area contributed by atoms with Gasteiger partial charge in [-0.25, -0.2) is 0 Å². The van der Waals surface area contributed by atoms with Gasteiger partial charge in [-0.3, -0.25) is 9.36 Å². The lowest BCUT2D eigenvalue weighted by Crippen LogP contribution is -2.20. The van der Waals surface area contributed by atoms with Crippen molar-refractivity contribution in [1.82, 2.24) is 9.13 Å². The number of hydrogen-bond donors (Lipinski definition) is 0. The number of nitrogens with zero attached hydrogens (tertiary/aromatic N) is 2. The van der Waals surface area contributed by atoms with Gasteiger partial charge >= 0.3 is 0 Å². The Balaban J connectivity index is 1.25. The Bertz CT molecular complexity index is 2460. The number of aromatic nitrogens is 2. The number of hydrogen-bond acceptors (Lipinski definition) is 1. The second kappa shape index (κ2) is 8.56. The first kappa shape index (κ1) is 24.2. The third-order valence-electron chi connectivity index (χ3n) is 9.54. The second-order valence-electron chi connectivity index (χ2n) is 12.2. The third-order valence-corrected chi connectivity index (χ3v) is 9.54. The van der Waals surface area contributed by atoms with Gasteiger partial charge in [-0.05, 0) is 76.2 Å². The molecule has 0 saturated carbocycles. The molecule has 2 aromatic heterocycles. The van der Waals surface area contributed by atoms with E-state index in [0.717, 1.165) is 33.1 Å². The van der Waals surface area contributed by atoms with E-state index in [1.165, 1.54) is 44.1 Å². The van der Waals surface area contributed by atoms with Crippen molar-refractivity contribution in [2.24, 2.45) is 0 Å². The van der Waals surface area contributed by atoms with Crippen molar-refractivity contribution < 1.29 is 0 Å². The fraction of sp³-hybridized carbons (Fsp3) is 0.0750. The van der Waals surface area contributed by atoms with Gasteiger partial charge in [0.05, 0.1) is 16.6 Å². The Labute approximate surface area is 248 Å². The van der Waals surface area contributed by atoms with Crippen LogP contribution >= 0.6 is 0 Å². The van der Waals surface area contributed by atoms with Crippen molar-refractivity contribution in [1.29, 1.82) is 0 Å². The highest BCUT2D eigenvalue weighted by Gasteiger charge is 2.36. The highest BCUT2D eigenvalue weighted by atomic mass is 16.1. The van der Waals surface area contributed by atoms with Crippen LogP contribution in [0.2, 0.25) is 0 Å². The van der Waals surface area contributed by atoms with E-state index in [9.17, 15) is 4.79 Å². The van der Waals surface area contributed by atoms with Crippen molar-refractivity contribution in [2.45, 2.75) is 19.3 Å². The molecule has 1 aliphatic rings. The van der Waals surface area contributed by atoms with Gasteiger partial charge in [0.25, 0.3) is 5.56 Å². The molecule has 3 heteroatoms. The molecule has 6 aromatic carbocycles. The monoisotopic (exact) mass is 552 g/mol. The lowest BCUT2D eigenvalue weighted by atomic mass is 9.82. The van der Waals surface area contributed by atoms with E-state index in [1.54, 1.807) is 0 Å². The first-order valence-corrected chi connectivity index (χ1v) is 14.8. The molecule has 43 heavy (non-hydrogen) atoms. The molecule has 0 unspecified atom stereocenters. The summed E-state index contributed by atoms with van der Waals surface area (Å²) >= 11 is 0. The van der Waals surface area contributed by atoms with Crippen LogP contribution in [0, 0.1) is 0 Å². The summed E-state index contributed by atoms with van der Waals surface area (Å²) in [7, 11) is 0. The molecule has 204 valence electrons. The maximum atomic E-state index is 14.0.